The first kappa shape index (κ1) is 14.2. The number of aromatic nitrogens is 1. The van der Waals surface area contributed by atoms with E-state index in [-0.39, 0.29) is 12.4 Å². The van der Waals surface area contributed by atoms with Crippen LogP contribution in [0.5, 0.6) is 5.75 Å². The maximum atomic E-state index is 5.34. The van der Waals surface area contributed by atoms with Crippen molar-refractivity contribution in [3.8, 4) is 5.75 Å². The van der Waals surface area contributed by atoms with Crippen LogP contribution in [0.15, 0.2) is 18.3 Å². The Morgan fingerprint density at radius 1 is 1.37 bits per heavy atom. The highest BCUT2D eigenvalue weighted by molar-refractivity contribution is 5.85. The summed E-state index contributed by atoms with van der Waals surface area (Å²) in [6.07, 6.45) is 5.76. The predicted octanol–water partition coefficient (Wildman–Crippen LogP) is 3.27. The fourth-order valence-electron chi connectivity index (χ4n) is 3.24. The summed E-state index contributed by atoms with van der Waals surface area (Å²) in [5.41, 5.74) is 5.67. The third kappa shape index (κ3) is 2.11. The SMILES string of the molecule is CNC1CCCc2c1c(C)c1ccc(OC)cn21.Cl. The van der Waals surface area contributed by atoms with Crippen LogP contribution < -0.4 is 10.1 Å². The van der Waals surface area contributed by atoms with Crippen molar-refractivity contribution in [2.24, 2.45) is 0 Å². The first-order valence-corrected chi connectivity index (χ1v) is 6.61. The van der Waals surface area contributed by atoms with Crippen molar-refractivity contribution < 1.29 is 4.74 Å². The summed E-state index contributed by atoms with van der Waals surface area (Å²) in [5, 5.41) is 3.45. The minimum Gasteiger partial charge on any atom is -0.495 e. The molecule has 1 aliphatic rings. The number of nitrogens with one attached hydrogen (secondary N) is 1. The lowest BCUT2D eigenvalue weighted by Crippen LogP contribution is -2.21. The number of hydrogen-bond donors (Lipinski definition) is 1. The van der Waals surface area contributed by atoms with Crippen LogP contribution in [0.2, 0.25) is 0 Å². The van der Waals surface area contributed by atoms with E-state index in [0.29, 0.717) is 6.04 Å². The molecule has 104 valence electrons. The van der Waals surface area contributed by atoms with Crippen molar-refractivity contribution in [1.29, 1.82) is 0 Å². The number of fused-ring (bicyclic) bond motifs is 3. The van der Waals surface area contributed by atoms with E-state index < -0.39 is 0 Å². The Morgan fingerprint density at radius 2 is 2.16 bits per heavy atom. The Balaban J connectivity index is 0.00000133. The Hall–Kier alpha value is -1.19. The number of halogens is 1. The zero-order valence-corrected chi connectivity index (χ0v) is 12.5. The number of methoxy groups -OCH3 is 1. The lowest BCUT2D eigenvalue weighted by molar-refractivity contribution is 0.412. The van der Waals surface area contributed by atoms with E-state index in [0.717, 1.165) is 12.2 Å². The van der Waals surface area contributed by atoms with Gasteiger partial charge in [0.25, 0.3) is 0 Å². The van der Waals surface area contributed by atoms with Gasteiger partial charge in [0.1, 0.15) is 5.75 Å². The van der Waals surface area contributed by atoms with Gasteiger partial charge in [-0.3, -0.25) is 0 Å². The Bertz CT molecular complexity index is 591. The van der Waals surface area contributed by atoms with Gasteiger partial charge in [-0.2, -0.15) is 0 Å². The van der Waals surface area contributed by atoms with E-state index in [1.165, 1.54) is 35.2 Å². The molecule has 0 amide bonds. The molecule has 0 bridgehead atoms. The molecule has 0 radical (unpaired) electrons. The maximum absolute atomic E-state index is 5.34. The normalized spacial score (nSPS) is 17.9. The second kappa shape index (κ2) is 5.43. The summed E-state index contributed by atoms with van der Waals surface area (Å²) >= 11 is 0. The van der Waals surface area contributed by atoms with Crippen LogP contribution in [0, 0.1) is 6.92 Å². The average Bonchev–Trinajstić information content (AvgIpc) is 2.72. The number of rotatable bonds is 2. The molecule has 4 heteroatoms. The van der Waals surface area contributed by atoms with Crippen LogP contribution in [0.3, 0.4) is 0 Å². The zero-order valence-electron chi connectivity index (χ0n) is 11.7. The molecule has 2 heterocycles. The standard InChI is InChI=1S/C15H20N2O.ClH/c1-10-13-8-7-11(18-3)9-17(13)14-6-4-5-12(16-2)15(10)14;/h7-9,12,16H,4-6H2,1-3H3;1H. The Kier molecular flexibility index (Phi) is 4.07. The van der Waals surface area contributed by atoms with Gasteiger partial charge < -0.3 is 14.5 Å². The molecule has 3 rings (SSSR count). The largest absolute Gasteiger partial charge is 0.495 e. The van der Waals surface area contributed by atoms with Crippen molar-refractivity contribution in [3.05, 3.63) is 35.2 Å². The van der Waals surface area contributed by atoms with Gasteiger partial charge in [0.15, 0.2) is 0 Å². The van der Waals surface area contributed by atoms with E-state index >= 15 is 0 Å². The van der Waals surface area contributed by atoms with Gasteiger partial charge in [0, 0.05) is 17.3 Å². The molecule has 0 aromatic carbocycles. The summed E-state index contributed by atoms with van der Waals surface area (Å²) in [6, 6.07) is 4.71. The summed E-state index contributed by atoms with van der Waals surface area (Å²) < 4.78 is 7.65. The van der Waals surface area contributed by atoms with E-state index in [1.54, 1.807) is 7.11 Å². The lowest BCUT2D eigenvalue weighted by atomic mass is 9.90. The van der Waals surface area contributed by atoms with Gasteiger partial charge in [0.05, 0.1) is 13.3 Å². The fraction of sp³-hybridized carbons (Fsp3) is 0.467. The maximum Gasteiger partial charge on any atom is 0.135 e. The molecule has 0 saturated heterocycles. The van der Waals surface area contributed by atoms with Crippen LogP contribution in [-0.4, -0.2) is 18.6 Å². The summed E-state index contributed by atoms with van der Waals surface area (Å²) in [5.74, 6) is 0.923. The molecule has 1 aliphatic carbocycles. The van der Waals surface area contributed by atoms with Crippen LogP contribution >= 0.6 is 12.4 Å². The van der Waals surface area contributed by atoms with Crippen LogP contribution in [0.1, 0.15) is 35.7 Å². The van der Waals surface area contributed by atoms with Crippen LogP contribution in [0.4, 0.5) is 0 Å². The second-order valence-corrected chi connectivity index (χ2v) is 5.04. The molecule has 2 aromatic heterocycles. The third-order valence-corrected chi connectivity index (χ3v) is 4.15. The average molecular weight is 281 g/mol. The zero-order chi connectivity index (χ0) is 12.7. The summed E-state index contributed by atoms with van der Waals surface area (Å²) in [6.45, 7) is 2.23. The van der Waals surface area contributed by atoms with Gasteiger partial charge in [-0.05, 0) is 56.5 Å². The first-order chi connectivity index (χ1) is 8.76. The summed E-state index contributed by atoms with van der Waals surface area (Å²) in [4.78, 5) is 0. The van der Waals surface area contributed by atoms with Gasteiger partial charge in [-0.25, -0.2) is 0 Å². The molecule has 2 aromatic rings. The van der Waals surface area contributed by atoms with E-state index in [1.807, 2.05) is 6.07 Å². The monoisotopic (exact) mass is 280 g/mol. The topological polar surface area (TPSA) is 25.7 Å². The highest BCUT2D eigenvalue weighted by Gasteiger charge is 2.25. The van der Waals surface area contributed by atoms with Crippen LogP contribution in [0.25, 0.3) is 5.52 Å². The molecule has 3 nitrogen and oxygen atoms in total. The van der Waals surface area contributed by atoms with Crippen molar-refractivity contribution in [1.82, 2.24) is 9.72 Å². The van der Waals surface area contributed by atoms with Crippen molar-refractivity contribution in [2.75, 3.05) is 14.2 Å². The Morgan fingerprint density at radius 3 is 2.84 bits per heavy atom. The van der Waals surface area contributed by atoms with E-state index in [4.69, 9.17) is 4.74 Å². The molecule has 1 N–H and O–H groups in total. The van der Waals surface area contributed by atoms with Crippen molar-refractivity contribution in [3.63, 3.8) is 0 Å². The number of ether oxygens (including phenoxy) is 1. The molecular formula is C15H21ClN2O. The van der Waals surface area contributed by atoms with Gasteiger partial charge in [0.2, 0.25) is 0 Å². The van der Waals surface area contributed by atoms with Gasteiger partial charge in [-0.1, -0.05) is 0 Å². The molecule has 0 fully saturated rings. The minimum absolute atomic E-state index is 0. The highest BCUT2D eigenvalue weighted by atomic mass is 35.5. The van der Waals surface area contributed by atoms with Crippen molar-refractivity contribution in [2.45, 2.75) is 32.2 Å². The number of nitrogens with zero attached hydrogens (tertiary/aromatic N) is 1. The molecule has 0 spiro atoms. The molecule has 1 atom stereocenters. The van der Waals surface area contributed by atoms with Crippen LogP contribution in [-0.2, 0) is 6.42 Å². The highest BCUT2D eigenvalue weighted by Crippen LogP contribution is 2.36. The quantitative estimate of drug-likeness (QED) is 0.913. The van der Waals surface area contributed by atoms with Crippen molar-refractivity contribution >= 4 is 17.9 Å². The molecule has 1 unspecified atom stereocenters. The molecule has 19 heavy (non-hydrogen) atoms. The fourth-order valence-corrected chi connectivity index (χ4v) is 3.24. The third-order valence-electron chi connectivity index (χ3n) is 4.15. The molecular weight excluding hydrogens is 260 g/mol. The molecule has 0 aliphatic heterocycles. The summed E-state index contributed by atoms with van der Waals surface area (Å²) in [7, 11) is 3.78. The first-order valence-electron chi connectivity index (χ1n) is 6.61. The molecule has 0 saturated carbocycles. The smallest absolute Gasteiger partial charge is 0.135 e. The predicted molar refractivity (Wildman–Crippen MR) is 80.7 cm³/mol. The number of pyridine rings is 1. The van der Waals surface area contributed by atoms with E-state index in [9.17, 15) is 0 Å². The minimum atomic E-state index is 0. The Labute approximate surface area is 120 Å². The van der Waals surface area contributed by atoms with E-state index in [2.05, 4.69) is 36.0 Å². The number of hydrogen-bond acceptors (Lipinski definition) is 2. The van der Waals surface area contributed by atoms with Gasteiger partial charge >= 0.3 is 0 Å². The number of aryl methyl sites for hydroxylation is 2. The lowest BCUT2D eigenvalue weighted by Gasteiger charge is -2.23. The van der Waals surface area contributed by atoms with Gasteiger partial charge in [-0.15, -0.1) is 12.4 Å². The second-order valence-electron chi connectivity index (χ2n) is 5.04.